The summed E-state index contributed by atoms with van der Waals surface area (Å²) >= 11 is 6.07. The van der Waals surface area contributed by atoms with Crippen LogP contribution in [0.3, 0.4) is 0 Å². The second-order valence-electron chi connectivity index (χ2n) is 5.79. The normalized spacial score (nSPS) is 10.3. The van der Waals surface area contributed by atoms with Crippen LogP contribution in [0.1, 0.15) is 17.5 Å². The zero-order chi connectivity index (χ0) is 18.4. The van der Waals surface area contributed by atoms with Crippen molar-refractivity contribution in [1.82, 2.24) is 0 Å². The summed E-state index contributed by atoms with van der Waals surface area (Å²) in [6, 6.07) is 9.48. The summed E-state index contributed by atoms with van der Waals surface area (Å²) in [5, 5.41) is 6.52. The average Bonchev–Trinajstić information content (AvgIpc) is 2.55. The fourth-order valence-corrected chi connectivity index (χ4v) is 2.80. The number of aryl methyl sites for hydroxylation is 2. The zero-order valence-corrected chi connectivity index (χ0v) is 15.7. The first-order chi connectivity index (χ1) is 11.9. The van der Waals surface area contributed by atoms with Crippen molar-refractivity contribution in [1.29, 1.82) is 0 Å². The molecule has 2 aromatic rings. The number of benzene rings is 2. The van der Waals surface area contributed by atoms with Crippen molar-refractivity contribution in [2.75, 3.05) is 31.4 Å². The maximum Gasteiger partial charge on any atom is 0.226 e. The molecule has 2 aromatic carbocycles. The van der Waals surface area contributed by atoms with E-state index in [9.17, 15) is 4.79 Å². The van der Waals surface area contributed by atoms with E-state index < -0.39 is 0 Å². The van der Waals surface area contributed by atoms with E-state index in [-0.39, 0.29) is 5.91 Å². The summed E-state index contributed by atoms with van der Waals surface area (Å²) < 4.78 is 10.4. The number of methoxy groups -OCH3 is 2. The van der Waals surface area contributed by atoms with Crippen LogP contribution in [0, 0.1) is 13.8 Å². The van der Waals surface area contributed by atoms with E-state index in [1.54, 1.807) is 12.1 Å². The van der Waals surface area contributed by atoms with Crippen molar-refractivity contribution >= 4 is 28.9 Å². The summed E-state index contributed by atoms with van der Waals surface area (Å²) in [6.07, 6.45) is 0.321. The molecule has 0 fully saturated rings. The molecule has 5 nitrogen and oxygen atoms in total. The van der Waals surface area contributed by atoms with Crippen molar-refractivity contribution in [2.45, 2.75) is 20.3 Å². The van der Waals surface area contributed by atoms with Gasteiger partial charge in [-0.25, -0.2) is 0 Å². The molecule has 0 radical (unpaired) electrons. The fraction of sp³-hybridized carbons (Fsp3) is 0.316. The molecule has 1 amide bonds. The predicted molar refractivity (Wildman–Crippen MR) is 102 cm³/mol. The van der Waals surface area contributed by atoms with Crippen LogP contribution in [-0.4, -0.2) is 26.7 Å². The summed E-state index contributed by atoms with van der Waals surface area (Å²) in [7, 11) is 3.04. The minimum atomic E-state index is -0.125. The van der Waals surface area contributed by atoms with Gasteiger partial charge in [0.25, 0.3) is 0 Å². The number of halogens is 1. The van der Waals surface area contributed by atoms with E-state index in [0.29, 0.717) is 35.2 Å². The number of carbonyl (C=O) groups is 1. The maximum absolute atomic E-state index is 12.2. The Kier molecular flexibility index (Phi) is 6.53. The molecule has 0 bridgehead atoms. The van der Waals surface area contributed by atoms with Crippen LogP contribution >= 0.6 is 11.6 Å². The lowest BCUT2D eigenvalue weighted by Gasteiger charge is -2.13. The minimum absolute atomic E-state index is 0.125. The maximum atomic E-state index is 12.2. The third kappa shape index (κ3) is 5.29. The van der Waals surface area contributed by atoms with Crippen LogP contribution in [0.5, 0.6) is 11.5 Å². The van der Waals surface area contributed by atoms with Crippen molar-refractivity contribution in [3.63, 3.8) is 0 Å². The number of amides is 1. The van der Waals surface area contributed by atoms with Gasteiger partial charge >= 0.3 is 0 Å². The molecule has 0 unspecified atom stereocenters. The number of ether oxygens (including phenoxy) is 2. The second-order valence-corrected chi connectivity index (χ2v) is 6.20. The standard InChI is InChI=1S/C19H23ClN2O3/c1-12-7-13(2)9-14(8-12)21-6-5-19(23)22-16-11-17(24-3)15(20)10-18(16)25-4/h7-11,21H,5-6H2,1-4H3,(H,22,23). The van der Waals surface area contributed by atoms with Crippen LogP contribution in [0.25, 0.3) is 0 Å². The molecule has 0 atom stereocenters. The third-order valence-corrected chi connectivity index (χ3v) is 3.95. The second kappa shape index (κ2) is 8.62. The van der Waals surface area contributed by atoms with Crippen LogP contribution in [0.4, 0.5) is 11.4 Å². The fourth-order valence-electron chi connectivity index (χ4n) is 2.57. The molecule has 0 heterocycles. The van der Waals surface area contributed by atoms with E-state index in [1.807, 2.05) is 13.8 Å². The Morgan fingerprint density at radius 1 is 1.00 bits per heavy atom. The quantitative estimate of drug-likeness (QED) is 0.765. The molecular weight excluding hydrogens is 340 g/mol. The van der Waals surface area contributed by atoms with Crippen molar-refractivity contribution in [3.8, 4) is 11.5 Å². The lowest BCUT2D eigenvalue weighted by molar-refractivity contribution is -0.115. The van der Waals surface area contributed by atoms with Crippen LogP contribution in [0.2, 0.25) is 5.02 Å². The van der Waals surface area contributed by atoms with Gasteiger partial charge in [0.15, 0.2) is 0 Å². The number of nitrogens with one attached hydrogen (secondary N) is 2. The third-order valence-electron chi connectivity index (χ3n) is 3.65. The Balaban J connectivity index is 1.96. The van der Waals surface area contributed by atoms with Gasteiger partial charge in [-0.3, -0.25) is 4.79 Å². The number of hydrogen-bond donors (Lipinski definition) is 2. The Morgan fingerprint density at radius 2 is 1.64 bits per heavy atom. The van der Waals surface area contributed by atoms with Gasteiger partial charge in [-0.05, 0) is 37.1 Å². The Hall–Kier alpha value is -2.40. The highest BCUT2D eigenvalue weighted by Crippen LogP contribution is 2.35. The molecule has 2 N–H and O–H groups in total. The molecule has 2 rings (SSSR count). The summed E-state index contributed by atoms with van der Waals surface area (Å²) in [5.74, 6) is 0.840. The van der Waals surface area contributed by atoms with Crippen molar-refractivity contribution in [2.24, 2.45) is 0 Å². The molecule has 134 valence electrons. The molecule has 0 aliphatic rings. The van der Waals surface area contributed by atoms with E-state index in [4.69, 9.17) is 21.1 Å². The van der Waals surface area contributed by atoms with Gasteiger partial charge in [-0.2, -0.15) is 0 Å². The largest absolute Gasteiger partial charge is 0.495 e. The molecule has 0 aromatic heterocycles. The summed E-state index contributed by atoms with van der Waals surface area (Å²) in [6.45, 7) is 4.62. The highest BCUT2D eigenvalue weighted by molar-refractivity contribution is 6.32. The first-order valence-electron chi connectivity index (χ1n) is 7.96. The number of carbonyl (C=O) groups excluding carboxylic acids is 1. The SMILES string of the molecule is COc1cc(NC(=O)CCNc2cc(C)cc(C)c2)c(OC)cc1Cl. The number of anilines is 2. The Morgan fingerprint density at radius 3 is 2.24 bits per heavy atom. The predicted octanol–water partition coefficient (Wildman–Crippen LogP) is 4.41. The smallest absolute Gasteiger partial charge is 0.226 e. The monoisotopic (exact) mass is 362 g/mol. The average molecular weight is 363 g/mol. The lowest BCUT2D eigenvalue weighted by Crippen LogP contribution is -2.17. The summed E-state index contributed by atoms with van der Waals surface area (Å²) in [4.78, 5) is 12.2. The van der Waals surface area contributed by atoms with Gasteiger partial charge in [-0.1, -0.05) is 17.7 Å². The van der Waals surface area contributed by atoms with Gasteiger partial charge in [0.2, 0.25) is 5.91 Å². The summed E-state index contributed by atoms with van der Waals surface area (Å²) in [5.41, 5.74) is 3.91. The first-order valence-corrected chi connectivity index (χ1v) is 8.34. The van der Waals surface area contributed by atoms with E-state index >= 15 is 0 Å². The van der Waals surface area contributed by atoms with Gasteiger partial charge in [0, 0.05) is 30.8 Å². The van der Waals surface area contributed by atoms with Gasteiger partial charge < -0.3 is 20.1 Å². The Labute approximate surface area is 153 Å². The van der Waals surface area contributed by atoms with Gasteiger partial charge in [-0.15, -0.1) is 0 Å². The van der Waals surface area contributed by atoms with E-state index in [1.165, 1.54) is 25.3 Å². The molecular formula is C19H23ClN2O3. The van der Waals surface area contributed by atoms with Crippen molar-refractivity contribution < 1.29 is 14.3 Å². The minimum Gasteiger partial charge on any atom is -0.495 e. The Bertz CT molecular complexity index is 742. The highest BCUT2D eigenvalue weighted by Gasteiger charge is 2.12. The lowest BCUT2D eigenvalue weighted by atomic mass is 10.1. The highest BCUT2D eigenvalue weighted by atomic mass is 35.5. The van der Waals surface area contributed by atoms with Gasteiger partial charge in [0.05, 0.1) is 24.9 Å². The molecule has 0 aliphatic carbocycles. The van der Waals surface area contributed by atoms with Crippen LogP contribution in [-0.2, 0) is 4.79 Å². The van der Waals surface area contributed by atoms with Crippen LogP contribution < -0.4 is 20.1 Å². The number of hydrogen-bond acceptors (Lipinski definition) is 4. The molecule has 0 aliphatic heterocycles. The molecule has 0 saturated carbocycles. The van der Waals surface area contributed by atoms with E-state index in [0.717, 1.165) is 5.69 Å². The van der Waals surface area contributed by atoms with E-state index in [2.05, 4.69) is 28.8 Å². The zero-order valence-electron chi connectivity index (χ0n) is 14.9. The topological polar surface area (TPSA) is 59.6 Å². The molecule has 0 spiro atoms. The van der Waals surface area contributed by atoms with Crippen LogP contribution in [0.15, 0.2) is 30.3 Å². The molecule has 25 heavy (non-hydrogen) atoms. The first kappa shape index (κ1) is 18.9. The molecule has 6 heteroatoms. The van der Waals surface area contributed by atoms with Gasteiger partial charge in [0.1, 0.15) is 11.5 Å². The van der Waals surface area contributed by atoms with Crippen molar-refractivity contribution in [3.05, 3.63) is 46.5 Å². The molecule has 0 saturated heterocycles. The number of rotatable bonds is 7.